The number of alkyl halides is 2. The van der Waals surface area contributed by atoms with E-state index in [9.17, 15) is 0 Å². The fourth-order valence-electron chi connectivity index (χ4n) is 1.06. The average Bonchev–Trinajstić information content (AvgIpc) is 2.08. The highest BCUT2D eigenvalue weighted by Crippen LogP contribution is 2.32. The van der Waals surface area contributed by atoms with E-state index in [4.69, 9.17) is 17.3 Å². The van der Waals surface area contributed by atoms with Crippen molar-refractivity contribution in [1.29, 1.82) is 0 Å². The second-order valence-electron chi connectivity index (χ2n) is 2.91. The number of halogens is 2. The summed E-state index contributed by atoms with van der Waals surface area (Å²) in [5.74, 6) is 1.77. The van der Waals surface area contributed by atoms with E-state index in [1.807, 2.05) is 30.0 Å². The fraction of sp³-hybridized carbons (Fsp3) is 0.556. The van der Waals surface area contributed by atoms with Gasteiger partial charge in [0.2, 0.25) is 0 Å². The van der Waals surface area contributed by atoms with Crippen LogP contribution in [0.2, 0.25) is 0 Å². The molecular weight excluding hydrogens is 270 g/mol. The van der Waals surface area contributed by atoms with Crippen molar-refractivity contribution in [2.75, 3.05) is 11.6 Å². The quantitative estimate of drug-likeness (QED) is 0.487. The molecular formula is C9H13BrClNS. The molecule has 0 saturated heterocycles. The molecule has 0 saturated carbocycles. The van der Waals surface area contributed by atoms with Crippen LogP contribution >= 0.6 is 39.3 Å². The van der Waals surface area contributed by atoms with Gasteiger partial charge < -0.3 is 5.73 Å². The summed E-state index contributed by atoms with van der Waals surface area (Å²) < 4.78 is -0.390. The number of hydrogen-bond acceptors (Lipinski definition) is 2. The SMILES string of the molecule is NC1(Br)C=CC=CC1SCCCCl. The Labute approximate surface area is 96.9 Å². The van der Waals surface area contributed by atoms with Gasteiger partial charge in [0.05, 0.1) is 5.25 Å². The van der Waals surface area contributed by atoms with Gasteiger partial charge in [0, 0.05) is 5.88 Å². The lowest BCUT2D eigenvalue weighted by molar-refractivity contribution is 0.788. The summed E-state index contributed by atoms with van der Waals surface area (Å²) in [7, 11) is 0. The molecule has 0 bridgehead atoms. The first-order valence-corrected chi connectivity index (χ1v) is 6.56. The molecule has 0 aromatic heterocycles. The van der Waals surface area contributed by atoms with Crippen LogP contribution < -0.4 is 5.73 Å². The van der Waals surface area contributed by atoms with Crippen LogP contribution in [-0.2, 0) is 0 Å². The molecule has 4 heteroatoms. The summed E-state index contributed by atoms with van der Waals surface area (Å²) in [6.45, 7) is 0. The molecule has 0 aromatic carbocycles. The second-order valence-corrected chi connectivity index (χ2v) is 5.91. The Morgan fingerprint density at radius 2 is 2.31 bits per heavy atom. The van der Waals surface area contributed by atoms with Gasteiger partial charge in [0.1, 0.15) is 4.45 Å². The van der Waals surface area contributed by atoms with Crippen LogP contribution in [0.25, 0.3) is 0 Å². The van der Waals surface area contributed by atoms with Gasteiger partial charge in [-0.2, -0.15) is 11.8 Å². The maximum absolute atomic E-state index is 6.03. The van der Waals surface area contributed by atoms with E-state index in [0.29, 0.717) is 5.25 Å². The van der Waals surface area contributed by atoms with E-state index >= 15 is 0 Å². The largest absolute Gasteiger partial charge is 0.312 e. The number of thioether (sulfide) groups is 1. The van der Waals surface area contributed by atoms with Crippen molar-refractivity contribution in [3.8, 4) is 0 Å². The van der Waals surface area contributed by atoms with Gasteiger partial charge in [-0.15, -0.1) is 11.6 Å². The maximum atomic E-state index is 6.03. The smallest absolute Gasteiger partial charge is 0.106 e. The molecule has 1 nitrogen and oxygen atoms in total. The standard InChI is InChI=1S/C9H13BrClNS/c10-9(12)5-2-1-4-8(9)13-7-3-6-11/h1-2,4-5,8H,3,6-7,12H2. The third-order valence-corrected chi connectivity index (χ3v) is 4.52. The summed E-state index contributed by atoms with van der Waals surface area (Å²) in [6, 6.07) is 0. The Balaban J connectivity index is 2.40. The minimum Gasteiger partial charge on any atom is -0.312 e. The van der Waals surface area contributed by atoms with Gasteiger partial charge in [0.25, 0.3) is 0 Å². The van der Waals surface area contributed by atoms with Gasteiger partial charge in [-0.1, -0.05) is 40.2 Å². The minimum absolute atomic E-state index is 0.306. The molecule has 0 radical (unpaired) electrons. The lowest BCUT2D eigenvalue weighted by Gasteiger charge is -2.28. The molecule has 1 aliphatic rings. The summed E-state index contributed by atoms with van der Waals surface area (Å²) in [4.78, 5) is 0. The first kappa shape index (κ1) is 11.6. The summed E-state index contributed by atoms with van der Waals surface area (Å²) in [6.07, 6.45) is 9.13. The van der Waals surface area contributed by atoms with Crippen LogP contribution in [0.15, 0.2) is 24.3 Å². The second kappa shape index (κ2) is 5.44. The third kappa shape index (κ3) is 3.66. The Kier molecular flexibility index (Phi) is 4.87. The molecule has 0 fully saturated rings. The summed E-state index contributed by atoms with van der Waals surface area (Å²) in [5, 5.41) is 0.306. The van der Waals surface area contributed by atoms with Crippen molar-refractivity contribution in [3.05, 3.63) is 24.3 Å². The number of rotatable bonds is 4. The molecule has 74 valence electrons. The highest BCUT2D eigenvalue weighted by molar-refractivity contribution is 9.10. The lowest BCUT2D eigenvalue weighted by Crippen LogP contribution is -2.41. The zero-order chi connectivity index (χ0) is 9.73. The van der Waals surface area contributed by atoms with E-state index in [1.165, 1.54) is 0 Å². The maximum Gasteiger partial charge on any atom is 0.106 e. The molecule has 0 aromatic rings. The molecule has 1 aliphatic carbocycles. The highest BCUT2D eigenvalue weighted by atomic mass is 79.9. The van der Waals surface area contributed by atoms with Crippen molar-refractivity contribution >= 4 is 39.3 Å². The van der Waals surface area contributed by atoms with Crippen LogP contribution in [0.1, 0.15) is 6.42 Å². The molecule has 0 amide bonds. The van der Waals surface area contributed by atoms with Crippen molar-refractivity contribution in [3.63, 3.8) is 0 Å². The molecule has 2 N–H and O–H groups in total. The van der Waals surface area contributed by atoms with Crippen molar-refractivity contribution in [2.45, 2.75) is 16.1 Å². The van der Waals surface area contributed by atoms with Gasteiger partial charge in [0.15, 0.2) is 0 Å². The lowest BCUT2D eigenvalue weighted by atomic mass is 10.1. The Bertz CT molecular complexity index is 216. The Morgan fingerprint density at radius 3 is 2.92 bits per heavy atom. The minimum atomic E-state index is -0.390. The highest BCUT2D eigenvalue weighted by Gasteiger charge is 2.28. The van der Waals surface area contributed by atoms with E-state index in [2.05, 4.69) is 22.0 Å². The average molecular weight is 283 g/mol. The van der Waals surface area contributed by atoms with Gasteiger partial charge in [-0.25, -0.2) is 0 Å². The van der Waals surface area contributed by atoms with Crippen LogP contribution in [0, 0.1) is 0 Å². The molecule has 0 aliphatic heterocycles. The van der Waals surface area contributed by atoms with Crippen molar-refractivity contribution < 1.29 is 0 Å². The van der Waals surface area contributed by atoms with Crippen molar-refractivity contribution in [1.82, 2.24) is 0 Å². The Hall–Kier alpha value is 0.560. The fourth-order valence-corrected chi connectivity index (χ4v) is 3.15. The number of allylic oxidation sites excluding steroid dienone is 2. The monoisotopic (exact) mass is 281 g/mol. The van der Waals surface area contributed by atoms with Gasteiger partial charge in [-0.3, -0.25) is 0 Å². The molecule has 1 rings (SSSR count). The molecule has 13 heavy (non-hydrogen) atoms. The zero-order valence-electron chi connectivity index (χ0n) is 7.25. The normalized spacial score (nSPS) is 32.4. The van der Waals surface area contributed by atoms with Crippen LogP contribution in [0.4, 0.5) is 0 Å². The van der Waals surface area contributed by atoms with E-state index in [-0.39, 0.29) is 0 Å². The first-order chi connectivity index (χ1) is 6.17. The van der Waals surface area contributed by atoms with Gasteiger partial charge in [-0.05, 0) is 12.2 Å². The predicted octanol–water partition coefficient (Wildman–Crippen LogP) is 2.89. The van der Waals surface area contributed by atoms with Gasteiger partial charge >= 0.3 is 0 Å². The van der Waals surface area contributed by atoms with E-state index < -0.39 is 4.45 Å². The molecule has 0 heterocycles. The molecule has 2 unspecified atom stereocenters. The topological polar surface area (TPSA) is 26.0 Å². The van der Waals surface area contributed by atoms with E-state index in [1.54, 1.807) is 0 Å². The molecule has 0 spiro atoms. The van der Waals surface area contributed by atoms with Crippen LogP contribution in [-0.4, -0.2) is 21.3 Å². The van der Waals surface area contributed by atoms with Crippen LogP contribution in [0.3, 0.4) is 0 Å². The van der Waals surface area contributed by atoms with E-state index in [0.717, 1.165) is 18.1 Å². The van der Waals surface area contributed by atoms with Crippen LogP contribution in [0.5, 0.6) is 0 Å². The van der Waals surface area contributed by atoms with Crippen molar-refractivity contribution in [2.24, 2.45) is 5.73 Å². The summed E-state index contributed by atoms with van der Waals surface area (Å²) in [5.41, 5.74) is 6.03. The third-order valence-electron chi connectivity index (χ3n) is 1.76. The summed E-state index contributed by atoms with van der Waals surface area (Å²) >= 11 is 10.9. The number of nitrogens with two attached hydrogens (primary N) is 1. The zero-order valence-corrected chi connectivity index (χ0v) is 10.4. The molecule has 2 atom stereocenters. The Morgan fingerprint density at radius 1 is 1.54 bits per heavy atom. The first-order valence-electron chi connectivity index (χ1n) is 4.18. The number of hydrogen-bond donors (Lipinski definition) is 1. The predicted molar refractivity (Wildman–Crippen MR) is 65.7 cm³/mol.